The van der Waals surface area contributed by atoms with E-state index in [4.69, 9.17) is 11.6 Å². The third kappa shape index (κ3) is 5.82. The fourth-order valence-corrected chi connectivity index (χ4v) is 2.78. The van der Waals surface area contributed by atoms with Crippen molar-refractivity contribution in [3.8, 4) is 0 Å². The topological polar surface area (TPSA) is 125 Å². The quantitative estimate of drug-likeness (QED) is 0.481. The van der Waals surface area contributed by atoms with E-state index in [0.29, 0.717) is 16.4 Å². The van der Waals surface area contributed by atoms with Gasteiger partial charge in [-0.3, -0.25) is 19.1 Å². The number of rotatable bonds is 6. The third-order valence-corrected chi connectivity index (χ3v) is 4.33. The fourth-order valence-electron chi connectivity index (χ4n) is 2.59. The minimum absolute atomic E-state index is 0.222. The van der Waals surface area contributed by atoms with Crippen LogP contribution in [0.3, 0.4) is 0 Å². The highest BCUT2D eigenvalue weighted by atomic mass is 35.5. The number of aromatic nitrogens is 2. The summed E-state index contributed by atoms with van der Waals surface area (Å²) in [6.45, 7) is -0.0301. The molecule has 4 N–H and O–H groups in total. The second-order valence-corrected chi connectivity index (χ2v) is 6.68. The van der Waals surface area contributed by atoms with Crippen LogP contribution >= 0.6 is 11.6 Å². The Morgan fingerprint density at radius 2 is 1.80 bits per heavy atom. The largest absolute Gasteiger partial charge is 0.334 e. The summed E-state index contributed by atoms with van der Waals surface area (Å²) in [5.41, 5.74) is 0.553. The maximum absolute atomic E-state index is 12.2. The molecule has 3 rings (SSSR count). The van der Waals surface area contributed by atoms with E-state index in [0.717, 1.165) is 16.2 Å². The molecule has 3 aromatic rings. The van der Waals surface area contributed by atoms with Crippen molar-refractivity contribution in [2.45, 2.75) is 13.1 Å². The number of urea groups is 1. The number of aromatic amines is 1. The molecule has 0 spiro atoms. The lowest BCUT2D eigenvalue weighted by Gasteiger charge is -2.11. The molecule has 0 bridgehead atoms. The van der Waals surface area contributed by atoms with Crippen LogP contribution in [0.15, 0.2) is 70.4 Å². The van der Waals surface area contributed by atoms with Gasteiger partial charge in [0.05, 0.1) is 10.7 Å². The molecule has 9 nitrogen and oxygen atoms in total. The Bertz CT molecular complexity index is 1190. The summed E-state index contributed by atoms with van der Waals surface area (Å²) in [5, 5.41) is 8.46. The summed E-state index contributed by atoms with van der Waals surface area (Å²) in [7, 11) is 0. The zero-order chi connectivity index (χ0) is 21.5. The summed E-state index contributed by atoms with van der Waals surface area (Å²) in [4.78, 5) is 49.0. The monoisotopic (exact) mass is 427 g/mol. The first-order valence-corrected chi connectivity index (χ1v) is 9.26. The minimum Gasteiger partial charge on any atom is -0.334 e. The van der Waals surface area contributed by atoms with Gasteiger partial charge in [0, 0.05) is 24.5 Å². The molecule has 0 fully saturated rings. The van der Waals surface area contributed by atoms with Crippen LogP contribution in [0, 0.1) is 0 Å². The molecular formula is C20H18ClN5O4. The molecule has 0 unspecified atom stereocenters. The number of amides is 3. The Hall–Kier alpha value is -3.85. The highest BCUT2D eigenvalue weighted by Crippen LogP contribution is 2.20. The number of para-hydroxylation sites is 1. The Morgan fingerprint density at radius 3 is 2.57 bits per heavy atom. The zero-order valence-corrected chi connectivity index (χ0v) is 16.4. The number of H-pyrrole nitrogens is 1. The van der Waals surface area contributed by atoms with Crippen LogP contribution in [-0.4, -0.2) is 21.5 Å². The van der Waals surface area contributed by atoms with E-state index in [1.54, 1.807) is 48.5 Å². The van der Waals surface area contributed by atoms with Gasteiger partial charge in [0.1, 0.15) is 6.54 Å². The molecule has 0 saturated carbocycles. The molecule has 0 aliphatic rings. The highest BCUT2D eigenvalue weighted by molar-refractivity contribution is 6.33. The fraction of sp³-hybridized carbons (Fsp3) is 0.100. The number of halogens is 1. The van der Waals surface area contributed by atoms with Crippen molar-refractivity contribution in [3.05, 3.63) is 92.2 Å². The third-order valence-electron chi connectivity index (χ3n) is 4.00. The second-order valence-electron chi connectivity index (χ2n) is 6.27. The van der Waals surface area contributed by atoms with Gasteiger partial charge in [0.2, 0.25) is 5.91 Å². The first kappa shape index (κ1) is 20.9. The van der Waals surface area contributed by atoms with Crippen LogP contribution in [-0.2, 0) is 17.9 Å². The number of benzene rings is 2. The van der Waals surface area contributed by atoms with Gasteiger partial charge in [-0.05, 0) is 29.8 Å². The number of anilines is 2. The Balaban J connectivity index is 1.55. The number of hydrogen-bond acceptors (Lipinski definition) is 4. The van der Waals surface area contributed by atoms with Crippen molar-refractivity contribution in [1.82, 2.24) is 14.9 Å². The normalized spacial score (nSPS) is 10.3. The van der Waals surface area contributed by atoms with Gasteiger partial charge in [-0.1, -0.05) is 35.9 Å². The lowest BCUT2D eigenvalue weighted by molar-refractivity contribution is -0.116. The molecule has 3 amide bonds. The van der Waals surface area contributed by atoms with Gasteiger partial charge < -0.3 is 16.0 Å². The number of nitrogens with zero attached hydrogens (tertiary/aromatic N) is 1. The summed E-state index contributed by atoms with van der Waals surface area (Å²) in [5.74, 6) is -0.439. The summed E-state index contributed by atoms with van der Waals surface area (Å²) >= 11 is 6.01. The maximum Gasteiger partial charge on any atom is 0.328 e. The predicted molar refractivity (Wildman–Crippen MR) is 114 cm³/mol. The van der Waals surface area contributed by atoms with E-state index in [2.05, 4.69) is 20.9 Å². The molecular weight excluding hydrogens is 410 g/mol. The number of carbonyl (C=O) groups is 2. The molecule has 0 radical (unpaired) electrons. The molecule has 1 aromatic heterocycles. The molecule has 30 heavy (non-hydrogen) atoms. The average molecular weight is 428 g/mol. The maximum atomic E-state index is 12.2. The highest BCUT2D eigenvalue weighted by Gasteiger charge is 2.08. The van der Waals surface area contributed by atoms with Crippen molar-refractivity contribution in [3.63, 3.8) is 0 Å². The molecule has 0 saturated heterocycles. The molecule has 2 aromatic carbocycles. The smallest absolute Gasteiger partial charge is 0.328 e. The summed E-state index contributed by atoms with van der Waals surface area (Å²) < 4.78 is 1.08. The first-order valence-electron chi connectivity index (χ1n) is 8.88. The van der Waals surface area contributed by atoms with Crippen molar-refractivity contribution in [2.24, 2.45) is 0 Å². The molecule has 154 valence electrons. The van der Waals surface area contributed by atoms with Crippen molar-refractivity contribution < 1.29 is 9.59 Å². The van der Waals surface area contributed by atoms with Gasteiger partial charge >= 0.3 is 11.7 Å². The van der Waals surface area contributed by atoms with Crippen molar-refractivity contribution in [2.75, 3.05) is 10.6 Å². The molecule has 0 aliphatic carbocycles. The Labute approximate surface area is 175 Å². The van der Waals surface area contributed by atoms with Crippen molar-refractivity contribution >= 4 is 34.9 Å². The van der Waals surface area contributed by atoms with E-state index in [1.807, 2.05) is 0 Å². The van der Waals surface area contributed by atoms with Crippen LogP contribution < -0.4 is 27.2 Å². The van der Waals surface area contributed by atoms with E-state index in [1.165, 1.54) is 6.20 Å². The van der Waals surface area contributed by atoms with Crippen LogP contribution in [0.5, 0.6) is 0 Å². The predicted octanol–water partition coefficient (Wildman–Crippen LogP) is 2.15. The van der Waals surface area contributed by atoms with E-state index in [-0.39, 0.29) is 13.1 Å². The van der Waals surface area contributed by atoms with Gasteiger partial charge in [-0.15, -0.1) is 0 Å². The van der Waals surface area contributed by atoms with Crippen LogP contribution in [0.2, 0.25) is 5.02 Å². The van der Waals surface area contributed by atoms with Crippen LogP contribution in [0.1, 0.15) is 5.56 Å². The van der Waals surface area contributed by atoms with Gasteiger partial charge in [0.25, 0.3) is 5.56 Å². The minimum atomic E-state index is -0.667. The SMILES string of the molecule is O=C(Cn1ccc(=O)[nH]c1=O)Nc1cccc(CNC(=O)Nc2ccccc2Cl)c1. The molecule has 1 heterocycles. The first-order chi connectivity index (χ1) is 14.4. The summed E-state index contributed by atoms with van der Waals surface area (Å²) in [6.07, 6.45) is 1.25. The second kappa shape index (κ2) is 9.57. The van der Waals surface area contributed by atoms with E-state index < -0.39 is 23.2 Å². The molecule has 10 heteroatoms. The number of carbonyl (C=O) groups excluding carboxylic acids is 2. The lowest BCUT2D eigenvalue weighted by atomic mass is 10.2. The molecule has 0 atom stereocenters. The van der Waals surface area contributed by atoms with Gasteiger partial charge in [-0.2, -0.15) is 0 Å². The van der Waals surface area contributed by atoms with Gasteiger partial charge in [-0.25, -0.2) is 9.59 Å². The van der Waals surface area contributed by atoms with E-state index >= 15 is 0 Å². The lowest BCUT2D eigenvalue weighted by Crippen LogP contribution is -2.32. The number of nitrogens with one attached hydrogen (secondary N) is 4. The van der Waals surface area contributed by atoms with E-state index in [9.17, 15) is 19.2 Å². The Kier molecular flexibility index (Phi) is 6.66. The zero-order valence-electron chi connectivity index (χ0n) is 15.6. The van der Waals surface area contributed by atoms with Crippen LogP contribution in [0.4, 0.5) is 16.2 Å². The number of hydrogen-bond donors (Lipinski definition) is 4. The average Bonchev–Trinajstić information content (AvgIpc) is 2.71. The van der Waals surface area contributed by atoms with Crippen LogP contribution in [0.25, 0.3) is 0 Å². The Morgan fingerprint density at radius 1 is 1.00 bits per heavy atom. The summed E-state index contributed by atoms with van der Waals surface area (Å²) in [6, 6.07) is 14.5. The molecule has 0 aliphatic heterocycles. The van der Waals surface area contributed by atoms with Gasteiger partial charge in [0.15, 0.2) is 0 Å². The van der Waals surface area contributed by atoms with Crippen molar-refractivity contribution in [1.29, 1.82) is 0 Å². The standard InChI is InChI=1S/C20H18ClN5O4/c21-15-6-1-2-7-16(15)24-19(29)22-11-13-4-3-5-14(10-13)23-18(28)12-26-9-8-17(27)25-20(26)30/h1-10H,11-12H2,(H,23,28)(H2,22,24,29)(H,25,27,30).